The minimum absolute atomic E-state index is 0.115. The van der Waals surface area contributed by atoms with E-state index in [4.69, 9.17) is 0 Å². The molecule has 0 saturated carbocycles. The average Bonchev–Trinajstić information content (AvgIpc) is 3.02. The van der Waals surface area contributed by atoms with Crippen molar-refractivity contribution in [3.05, 3.63) is 46.8 Å². The second-order valence-corrected chi connectivity index (χ2v) is 7.27. The molecule has 9 nitrogen and oxygen atoms in total. The Balaban J connectivity index is 1.84. The smallest absolute Gasteiger partial charge is 0.289 e. The summed E-state index contributed by atoms with van der Waals surface area (Å²) in [4.78, 5) is 9.81. The van der Waals surface area contributed by atoms with Gasteiger partial charge < -0.3 is 5.32 Å². The van der Waals surface area contributed by atoms with Gasteiger partial charge in [0.25, 0.3) is 15.7 Å². The molecule has 0 radical (unpaired) electrons. The molecule has 1 fully saturated rings. The molecular weight excluding hydrogens is 353 g/mol. The molecule has 1 aliphatic heterocycles. The molecule has 134 valence electrons. The Kier molecular flexibility index (Phi) is 4.68. The van der Waals surface area contributed by atoms with E-state index in [1.54, 1.807) is 0 Å². The first kappa shape index (κ1) is 17.3. The van der Waals surface area contributed by atoms with Crippen molar-refractivity contribution in [3.63, 3.8) is 0 Å². The van der Waals surface area contributed by atoms with E-state index in [0.717, 1.165) is 12.1 Å². The number of alkyl halides is 1. The molecule has 25 heavy (non-hydrogen) atoms. The van der Waals surface area contributed by atoms with Crippen molar-refractivity contribution in [1.82, 2.24) is 15.1 Å². The molecule has 3 rings (SSSR count). The molecular formula is C14H16FN5O4S. The van der Waals surface area contributed by atoms with Gasteiger partial charge in [-0.2, -0.15) is 5.10 Å². The molecule has 11 heteroatoms. The number of aromatic nitrogens is 2. The highest BCUT2D eigenvalue weighted by Crippen LogP contribution is 2.26. The van der Waals surface area contributed by atoms with Gasteiger partial charge in [0.2, 0.25) is 0 Å². The SMILES string of the molecule is O=[N+]([O-])c1ccccc1S(=O)(=O)Nc1cnn([C@@H]2CCNC[C@H]2F)c1. The molecule has 2 atom stereocenters. The van der Waals surface area contributed by atoms with E-state index < -0.39 is 37.7 Å². The second-order valence-electron chi connectivity index (χ2n) is 5.62. The number of anilines is 1. The summed E-state index contributed by atoms with van der Waals surface area (Å²) in [6.07, 6.45) is 2.03. The van der Waals surface area contributed by atoms with Gasteiger partial charge in [-0.05, 0) is 19.0 Å². The third-order valence-corrected chi connectivity index (χ3v) is 5.35. The Morgan fingerprint density at radius 2 is 2.16 bits per heavy atom. The maximum atomic E-state index is 14.0. The van der Waals surface area contributed by atoms with Crippen molar-refractivity contribution in [3.8, 4) is 0 Å². The minimum Gasteiger partial charge on any atom is -0.314 e. The highest BCUT2D eigenvalue weighted by atomic mass is 32.2. The average molecular weight is 369 g/mol. The van der Waals surface area contributed by atoms with Crippen LogP contribution < -0.4 is 10.0 Å². The van der Waals surface area contributed by atoms with Gasteiger partial charge in [-0.15, -0.1) is 0 Å². The molecule has 0 aliphatic carbocycles. The first-order valence-corrected chi connectivity index (χ1v) is 9.02. The lowest BCUT2D eigenvalue weighted by molar-refractivity contribution is -0.387. The Labute approximate surface area is 143 Å². The number of nitro groups is 1. The number of sulfonamides is 1. The third-order valence-electron chi connectivity index (χ3n) is 3.92. The van der Waals surface area contributed by atoms with Gasteiger partial charge in [-0.1, -0.05) is 12.1 Å². The topological polar surface area (TPSA) is 119 Å². The summed E-state index contributed by atoms with van der Waals surface area (Å²) >= 11 is 0. The Morgan fingerprint density at radius 1 is 1.40 bits per heavy atom. The summed E-state index contributed by atoms with van der Waals surface area (Å²) in [5, 5.41) is 18.0. The zero-order valence-electron chi connectivity index (χ0n) is 13.0. The summed E-state index contributed by atoms with van der Waals surface area (Å²) in [6.45, 7) is 0.851. The Morgan fingerprint density at radius 3 is 2.88 bits per heavy atom. The van der Waals surface area contributed by atoms with Gasteiger partial charge >= 0.3 is 0 Å². The summed E-state index contributed by atoms with van der Waals surface area (Å²) in [5.74, 6) is 0. The van der Waals surface area contributed by atoms with E-state index in [0.29, 0.717) is 13.0 Å². The zero-order valence-corrected chi connectivity index (χ0v) is 13.8. The van der Waals surface area contributed by atoms with E-state index >= 15 is 0 Å². The molecule has 1 aromatic heterocycles. The van der Waals surface area contributed by atoms with E-state index in [-0.39, 0.29) is 12.2 Å². The van der Waals surface area contributed by atoms with Crippen LogP contribution in [0.3, 0.4) is 0 Å². The van der Waals surface area contributed by atoms with Crippen LogP contribution >= 0.6 is 0 Å². The molecule has 0 amide bonds. The number of rotatable bonds is 5. The van der Waals surface area contributed by atoms with Crippen LogP contribution in [0.15, 0.2) is 41.6 Å². The maximum absolute atomic E-state index is 14.0. The second kappa shape index (κ2) is 6.76. The summed E-state index contributed by atoms with van der Waals surface area (Å²) in [7, 11) is -4.17. The van der Waals surface area contributed by atoms with Crippen LogP contribution in [0, 0.1) is 10.1 Å². The molecule has 0 spiro atoms. The van der Waals surface area contributed by atoms with Crippen molar-refractivity contribution in [1.29, 1.82) is 0 Å². The highest BCUT2D eigenvalue weighted by molar-refractivity contribution is 7.92. The minimum atomic E-state index is -4.17. The normalized spacial score (nSPS) is 21.0. The first-order valence-electron chi connectivity index (χ1n) is 7.53. The van der Waals surface area contributed by atoms with Crippen molar-refractivity contribution in [2.75, 3.05) is 17.8 Å². The Hall–Kier alpha value is -2.53. The van der Waals surface area contributed by atoms with Crippen LogP contribution in [0.2, 0.25) is 0 Å². The van der Waals surface area contributed by atoms with Crippen LogP contribution in [0.1, 0.15) is 12.5 Å². The fourth-order valence-corrected chi connectivity index (χ4v) is 3.92. The lowest BCUT2D eigenvalue weighted by atomic mass is 10.1. The quantitative estimate of drug-likeness (QED) is 0.608. The Bertz CT molecular complexity index is 885. The van der Waals surface area contributed by atoms with Gasteiger partial charge in [0.1, 0.15) is 6.17 Å². The fourth-order valence-electron chi connectivity index (χ4n) is 2.72. The molecule has 2 heterocycles. The van der Waals surface area contributed by atoms with Gasteiger partial charge in [0.15, 0.2) is 4.90 Å². The fraction of sp³-hybridized carbons (Fsp3) is 0.357. The van der Waals surface area contributed by atoms with Crippen LogP contribution in [-0.2, 0) is 10.0 Å². The lowest BCUT2D eigenvalue weighted by Gasteiger charge is -2.26. The first-order chi connectivity index (χ1) is 11.9. The molecule has 2 aromatic rings. The van der Waals surface area contributed by atoms with Crippen LogP contribution in [0.25, 0.3) is 0 Å². The van der Waals surface area contributed by atoms with Gasteiger partial charge in [-0.25, -0.2) is 12.8 Å². The molecule has 1 aliphatic rings. The zero-order chi connectivity index (χ0) is 18.0. The summed E-state index contributed by atoms with van der Waals surface area (Å²) in [5.41, 5.74) is -0.409. The predicted molar refractivity (Wildman–Crippen MR) is 87.6 cm³/mol. The number of halogens is 1. The number of benzene rings is 1. The number of nitro benzene ring substituents is 1. The standard InChI is InChI=1S/C14H16FN5O4S/c15-11-8-16-6-5-12(11)19-9-10(7-17-19)18-25(23,24)14-4-2-1-3-13(14)20(21)22/h1-4,7,9,11-12,16,18H,5-6,8H2/t11-,12-/m1/s1. The molecule has 2 N–H and O–H groups in total. The molecule has 1 aromatic carbocycles. The number of nitrogens with one attached hydrogen (secondary N) is 2. The largest absolute Gasteiger partial charge is 0.314 e. The maximum Gasteiger partial charge on any atom is 0.289 e. The van der Waals surface area contributed by atoms with Crippen LogP contribution in [-0.4, -0.2) is 42.4 Å². The molecule has 0 bridgehead atoms. The van der Waals surface area contributed by atoms with Crippen molar-refractivity contribution >= 4 is 21.4 Å². The van der Waals surface area contributed by atoms with Gasteiger partial charge in [0, 0.05) is 18.8 Å². The highest BCUT2D eigenvalue weighted by Gasteiger charge is 2.28. The predicted octanol–water partition coefficient (Wildman–Crippen LogP) is 1.46. The van der Waals surface area contributed by atoms with Crippen LogP contribution in [0.4, 0.5) is 15.8 Å². The van der Waals surface area contributed by atoms with Gasteiger partial charge in [0.05, 0.1) is 22.8 Å². The van der Waals surface area contributed by atoms with E-state index in [9.17, 15) is 22.9 Å². The van der Waals surface area contributed by atoms with E-state index in [1.807, 2.05) is 0 Å². The number of hydrogen-bond acceptors (Lipinski definition) is 6. The number of piperidine rings is 1. The van der Waals surface area contributed by atoms with Crippen molar-refractivity contribution < 1.29 is 17.7 Å². The third kappa shape index (κ3) is 3.61. The summed E-state index contributed by atoms with van der Waals surface area (Å²) < 4.78 is 42.5. The van der Waals surface area contributed by atoms with Crippen LogP contribution in [0.5, 0.6) is 0 Å². The van der Waals surface area contributed by atoms with E-state index in [1.165, 1.54) is 29.2 Å². The molecule has 1 saturated heterocycles. The number of nitrogens with zero attached hydrogens (tertiary/aromatic N) is 3. The summed E-state index contributed by atoms with van der Waals surface area (Å²) in [6, 6.07) is 4.56. The monoisotopic (exact) mass is 369 g/mol. The number of para-hydroxylation sites is 1. The van der Waals surface area contributed by atoms with Crippen molar-refractivity contribution in [2.45, 2.75) is 23.5 Å². The number of hydrogen-bond donors (Lipinski definition) is 2. The lowest BCUT2D eigenvalue weighted by Crippen LogP contribution is -2.39. The van der Waals surface area contributed by atoms with Crippen molar-refractivity contribution in [2.24, 2.45) is 0 Å². The van der Waals surface area contributed by atoms with Gasteiger partial charge in [-0.3, -0.25) is 19.5 Å². The molecule has 0 unspecified atom stereocenters. The van der Waals surface area contributed by atoms with E-state index in [2.05, 4.69) is 15.1 Å².